The number of ether oxygens (including phenoxy) is 2. The van der Waals surface area contributed by atoms with E-state index in [0.717, 1.165) is 17.7 Å². The summed E-state index contributed by atoms with van der Waals surface area (Å²) in [6.45, 7) is 0.697. The molecule has 6 heteroatoms. The Morgan fingerprint density at radius 2 is 1.52 bits per heavy atom. The predicted molar refractivity (Wildman–Crippen MR) is 118 cm³/mol. The third-order valence-corrected chi connectivity index (χ3v) is 5.10. The Labute approximate surface area is 181 Å². The highest BCUT2D eigenvalue weighted by atomic mass is 16.6. The van der Waals surface area contributed by atoms with Crippen molar-refractivity contribution in [3.05, 3.63) is 90.5 Å². The summed E-state index contributed by atoms with van der Waals surface area (Å²) in [6.07, 6.45) is 0.914. The summed E-state index contributed by atoms with van der Waals surface area (Å²) in [6, 6.07) is 25.6. The van der Waals surface area contributed by atoms with Crippen molar-refractivity contribution in [2.45, 2.75) is 25.5 Å². The van der Waals surface area contributed by atoms with E-state index in [2.05, 4.69) is 5.32 Å². The number of carbonyl (C=O) groups is 2. The Morgan fingerprint density at radius 1 is 0.871 bits per heavy atom. The molecule has 2 amide bonds. The zero-order valence-corrected chi connectivity index (χ0v) is 17.1. The van der Waals surface area contributed by atoms with Crippen LogP contribution in [0.2, 0.25) is 0 Å². The standard InChI is InChI=1S/C25H24N2O4/c28-24(26-20-13-15-22(16-14-20)31-21-10-5-2-6-11-21)23-12-7-17-27(23)25(29)30-18-19-8-3-1-4-9-19/h1-6,8-11,13-16,23H,7,12,17-18H2,(H,26,28)/t23-/m1/s1. The fourth-order valence-electron chi connectivity index (χ4n) is 3.52. The summed E-state index contributed by atoms with van der Waals surface area (Å²) >= 11 is 0. The third-order valence-electron chi connectivity index (χ3n) is 5.10. The molecular weight excluding hydrogens is 392 g/mol. The first-order valence-electron chi connectivity index (χ1n) is 10.3. The fourth-order valence-corrected chi connectivity index (χ4v) is 3.52. The molecule has 1 N–H and O–H groups in total. The van der Waals surface area contributed by atoms with Crippen LogP contribution < -0.4 is 10.1 Å². The molecule has 4 rings (SSSR count). The topological polar surface area (TPSA) is 67.9 Å². The van der Waals surface area contributed by atoms with Gasteiger partial charge in [0, 0.05) is 12.2 Å². The van der Waals surface area contributed by atoms with E-state index in [1.165, 1.54) is 4.90 Å². The van der Waals surface area contributed by atoms with E-state index >= 15 is 0 Å². The Bertz CT molecular complexity index is 1010. The number of rotatable bonds is 6. The van der Waals surface area contributed by atoms with E-state index in [9.17, 15) is 9.59 Å². The largest absolute Gasteiger partial charge is 0.457 e. The summed E-state index contributed by atoms with van der Waals surface area (Å²) in [5.74, 6) is 1.21. The number of para-hydroxylation sites is 1. The summed E-state index contributed by atoms with van der Waals surface area (Å²) < 4.78 is 11.2. The molecule has 1 heterocycles. The van der Waals surface area contributed by atoms with E-state index in [1.807, 2.05) is 60.7 Å². The van der Waals surface area contributed by atoms with Gasteiger partial charge in [0.15, 0.2) is 0 Å². The van der Waals surface area contributed by atoms with Crippen molar-refractivity contribution in [3.63, 3.8) is 0 Å². The fraction of sp³-hybridized carbons (Fsp3) is 0.200. The quantitative estimate of drug-likeness (QED) is 0.598. The Kier molecular flexibility index (Phi) is 6.47. The molecule has 0 aromatic heterocycles. The van der Waals surface area contributed by atoms with Crippen LogP contribution in [-0.4, -0.2) is 29.5 Å². The maximum Gasteiger partial charge on any atom is 0.410 e. The molecule has 3 aromatic carbocycles. The minimum Gasteiger partial charge on any atom is -0.457 e. The molecule has 1 saturated heterocycles. The number of carbonyl (C=O) groups excluding carboxylic acids is 2. The number of benzene rings is 3. The summed E-state index contributed by atoms with van der Waals surface area (Å²) in [7, 11) is 0. The Balaban J connectivity index is 1.32. The SMILES string of the molecule is O=C(Nc1ccc(Oc2ccccc2)cc1)[C@H]1CCCN1C(=O)OCc1ccccc1. The van der Waals surface area contributed by atoms with E-state index in [-0.39, 0.29) is 12.5 Å². The van der Waals surface area contributed by atoms with Gasteiger partial charge in [-0.2, -0.15) is 0 Å². The average Bonchev–Trinajstić information content (AvgIpc) is 3.31. The highest BCUT2D eigenvalue weighted by molar-refractivity contribution is 5.96. The van der Waals surface area contributed by atoms with Crippen LogP contribution in [0.25, 0.3) is 0 Å². The summed E-state index contributed by atoms with van der Waals surface area (Å²) in [4.78, 5) is 26.8. The number of nitrogens with one attached hydrogen (secondary N) is 1. The van der Waals surface area contributed by atoms with Crippen LogP contribution in [0.15, 0.2) is 84.9 Å². The van der Waals surface area contributed by atoms with Crippen molar-refractivity contribution < 1.29 is 19.1 Å². The second-order valence-electron chi connectivity index (χ2n) is 7.32. The molecule has 3 aromatic rings. The minimum atomic E-state index is -0.538. The Morgan fingerprint density at radius 3 is 2.23 bits per heavy atom. The van der Waals surface area contributed by atoms with Crippen molar-refractivity contribution in [3.8, 4) is 11.5 Å². The van der Waals surface area contributed by atoms with Crippen molar-refractivity contribution >= 4 is 17.7 Å². The molecule has 158 valence electrons. The van der Waals surface area contributed by atoms with Crippen LogP contribution in [0.1, 0.15) is 18.4 Å². The second-order valence-corrected chi connectivity index (χ2v) is 7.32. The molecule has 0 unspecified atom stereocenters. The van der Waals surface area contributed by atoms with Gasteiger partial charge in [0.2, 0.25) is 5.91 Å². The molecule has 0 spiro atoms. The normalized spacial score (nSPS) is 15.4. The highest BCUT2D eigenvalue weighted by Crippen LogP contribution is 2.24. The smallest absolute Gasteiger partial charge is 0.410 e. The lowest BCUT2D eigenvalue weighted by Gasteiger charge is -2.23. The highest BCUT2D eigenvalue weighted by Gasteiger charge is 2.35. The molecule has 6 nitrogen and oxygen atoms in total. The third kappa shape index (κ3) is 5.42. The van der Waals surface area contributed by atoms with Crippen molar-refractivity contribution in [2.24, 2.45) is 0 Å². The number of hydrogen-bond acceptors (Lipinski definition) is 4. The maximum atomic E-state index is 12.8. The number of likely N-dealkylation sites (tertiary alicyclic amines) is 1. The van der Waals surface area contributed by atoms with E-state index in [1.54, 1.807) is 24.3 Å². The molecule has 0 radical (unpaired) electrons. The summed E-state index contributed by atoms with van der Waals surface area (Å²) in [5.41, 5.74) is 1.56. The first-order valence-corrected chi connectivity index (χ1v) is 10.3. The molecule has 0 saturated carbocycles. The van der Waals surface area contributed by atoms with Crippen LogP contribution in [0.5, 0.6) is 11.5 Å². The second kappa shape index (κ2) is 9.80. The van der Waals surface area contributed by atoms with Crippen LogP contribution in [0, 0.1) is 0 Å². The van der Waals surface area contributed by atoms with Gasteiger partial charge in [0.25, 0.3) is 0 Å². The average molecular weight is 416 g/mol. The molecule has 1 aliphatic rings. The predicted octanol–water partition coefficient (Wildman–Crippen LogP) is 5.22. The zero-order valence-electron chi connectivity index (χ0n) is 17.1. The summed E-state index contributed by atoms with van der Waals surface area (Å²) in [5, 5.41) is 2.89. The van der Waals surface area contributed by atoms with Crippen LogP contribution >= 0.6 is 0 Å². The van der Waals surface area contributed by atoms with Gasteiger partial charge in [-0.25, -0.2) is 4.79 Å². The number of hydrogen-bond donors (Lipinski definition) is 1. The molecule has 31 heavy (non-hydrogen) atoms. The van der Waals surface area contributed by atoms with E-state index in [4.69, 9.17) is 9.47 Å². The lowest BCUT2D eigenvalue weighted by molar-refractivity contribution is -0.120. The van der Waals surface area contributed by atoms with Gasteiger partial charge in [-0.1, -0.05) is 48.5 Å². The van der Waals surface area contributed by atoms with E-state index < -0.39 is 12.1 Å². The lowest BCUT2D eigenvalue weighted by atomic mass is 10.2. The van der Waals surface area contributed by atoms with Gasteiger partial charge in [-0.15, -0.1) is 0 Å². The van der Waals surface area contributed by atoms with Gasteiger partial charge < -0.3 is 14.8 Å². The van der Waals surface area contributed by atoms with Gasteiger partial charge in [0.1, 0.15) is 24.1 Å². The Hall–Kier alpha value is -3.80. The maximum absolute atomic E-state index is 12.8. The van der Waals surface area contributed by atoms with Gasteiger partial charge in [-0.05, 0) is 54.8 Å². The number of anilines is 1. The van der Waals surface area contributed by atoms with Gasteiger partial charge in [-0.3, -0.25) is 9.69 Å². The monoisotopic (exact) mass is 416 g/mol. The van der Waals surface area contributed by atoms with Crippen molar-refractivity contribution in [1.29, 1.82) is 0 Å². The molecule has 1 atom stereocenters. The number of amides is 2. The van der Waals surface area contributed by atoms with Crippen molar-refractivity contribution in [2.75, 3.05) is 11.9 Å². The molecular formula is C25H24N2O4. The zero-order chi connectivity index (χ0) is 21.5. The van der Waals surface area contributed by atoms with Gasteiger partial charge in [0.05, 0.1) is 0 Å². The lowest BCUT2D eigenvalue weighted by Crippen LogP contribution is -2.43. The number of nitrogens with zero attached hydrogens (tertiary/aromatic N) is 1. The molecule has 1 aliphatic heterocycles. The molecule has 0 aliphatic carbocycles. The molecule has 1 fully saturated rings. The minimum absolute atomic E-state index is 0.188. The van der Waals surface area contributed by atoms with Crippen LogP contribution in [0.4, 0.5) is 10.5 Å². The molecule has 0 bridgehead atoms. The van der Waals surface area contributed by atoms with Crippen molar-refractivity contribution in [1.82, 2.24) is 4.90 Å². The van der Waals surface area contributed by atoms with Crippen LogP contribution in [0.3, 0.4) is 0 Å². The van der Waals surface area contributed by atoms with Crippen LogP contribution in [-0.2, 0) is 16.1 Å². The first kappa shape index (κ1) is 20.5. The van der Waals surface area contributed by atoms with E-state index in [0.29, 0.717) is 24.4 Å². The van der Waals surface area contributed by atoms with Gasteiger partial charge >= 0.3 is 6.09 Å². The first-order chi connectivity index (χ1) is 15.2.